The number of hydrogen-bond acceptors (Lipinski definition) is 6. The van der Waals surface area contributed by atoms with E-state index in [2.05, 4.69) is 23.6 Å². The average Bonchev–Trinajstić information content (AvgIpc) is 2.53. The summed E-state index contributed by atoms with van der Waals surface area (Å²) in [5.41, 5.74) is -0.488. The molecule has 0 aromatic carbocycles. The summed E-state index contributed by atoms with van der Waals surface area (Å²) in [6.45, 7) is 11.9. The van der Waals surface area contributed by atoms with Gasteiger partial charge in [0, 0.05) is 37.8 Å². The van der Waals surface area contributed by atoms with Gasteiger partial charge in [-0.3, -0.25) is 4.90 Å². The predicted molar refractivity (Wildman–Crippen MR) is 106 cm³/mol. The van der Waals surface area contributed by atoms with E-state index in [1.165, 1.54) is 10.6 Å². The lowest BCUT2D eigenvalue weighted by Gasteiger charge is -2.44. The van der Waals surface area contributed by atoms with Gasteiger partial charge >= 0.3 is 0 Å². The maximum Gasteiger partial charge on any atom is 0.211 e. The van der Waals surface area contributed by atoms with E-state index in [1.807, 2.05) is 13.8 Å². The normalized spacial score (nSPS) is 23.6. The van der Waals surface area contributed by atoms with Crippen molar-refractivity contribution in [2.45, 2.75) is 57.4 Å². The number of piperazine rings is 1. The highest BCUT2D eigenvalue weighted by Gasteiger charge is 2.39. The monoisotopic (exact) mass is 409 g/mol. The molecule has 7 nitrogen and oxygen atoms in total. The zero-order valence-corrected chi connectivity index (χ0v) is 18.4. The molecule has 2 heterocycles. The molecular formula is C17H35N3O4S2. The molecule has 26 heavy (non-hydrogen) atoms. The molecule has 2 aliphatic rings. The van der Waals surface area contributed by atoms with Crippen LogP contribution in [0.2, 0.25) is 0 Å². The van der Waals surface area contributed by atoms with Crippen molar-refractivity contribution in [3.63, 3.8) is 0 Å². The highest BCUT2D eigenvalue weighted by atomic mass is 32.2. The van der Waals surface area contributed by atoms with Crippen molar-refractivity contribution >= 4 is 19.9 Å². The van der Waals surface area contributed by atoms with Crippen molar-refractivity contribution in [1.29, 1.82) is 0 Å². The summed E-state index contributed by atoms with van der Waals surface area (Å²) in [4.78, 5) is 4.46. The number of likely N-dealkylation sites (tertiary alicyclic amines) is 1. The van der Waals surface area contributed by atoms with Crippen LogP contribution in [0.4, 0.5) is 0 Å². The minimum absolute atomic E-state index is 0.130. The third kappa shape index (κ3) is 5.41. The maximum absolute atomic E-state index is 13.0. The molecule has 0 N–H and O–H groups in total. The average molecular weight is 410 g/mol. The topological polar surface area (TPSA) is 78.0 Å². The predicted octanol–water partition coefficient (Wildman–Crippen LogP) is 0.630. The van der Waals surface area contributed by atoms with E-state index in [-0.39, 0.29) is 11.0 Å². The first-order valence-corrected chi connectivity index (χ1v) is 13.0. The van der Waals surface area contributed by atoms with E-state index in [0.29, 0.717) is 45.1 Å². The fourth-order valence-corrected chi connectivity index (χ4v) is 7.24. The molecule has 0 bridgehead atoms. The fraction of sp³-hybridized carbons (Fsp3) is 1.00. The largest absolute Gasteiger partial charge is 0.301 e. The summed E-state index contributed by atoms with van der Waals surface area (Å²) >= 11 is 0. The second-order valence-electron chi connectivity index (χ2n) is 8.60. The van der Waals surface area contributed by atoms with Crippen LogP contribution in [0.5, 0.6) is 0 Å². The standard InChI is InChI=1S/C17H35N3O4S2/c1-15(2)18-8-6-16(7-9-18)26(23,24)14-17(3,4)19-10-12-20(13-11-19)25(5,21)22/h15-16H,6-14H2,1-5H3. The molecule has 0 saturated carbocycles. The molecule has 2 saturated heterocycles. The van der Waals surface area contributed by atoms with Gasteiger partial charge in [-0.1, -0.05) is 0 Å². The van der Waals surface area contributed by atoms with Gasteiger partial charge in [0.05, 0.1) is 17.3 Å². The van der Waals surface area contributed by atoms with Crippen LogP contribution in [-0.2, 0) is 19.9 Å². The summed E-state index contributed by atoms with van der Waals surface area (Å²) in [5.74, 6) is 0.130. The number of nitrogens with zero attached hydrogens (tertiary/aromatic N) is 3. The highest BCUT2D eigenvalue weighted by Crippen LogP contribution is 2.26. The molecule has 9 heteroatoms. The Balaban J connectivity index is 1.96. The minimum Gasteiger partial charge on any atom is -0.301 e. The third-order valence-electron chi connectivity index (χ3n) is 5.83. The number of hydrogen-bond donors (Lipinski definition) is 0. The Labute approximate surface area is 159 Å². The molecule has 0 unspecified atom stereocenters. The first-order valence-electron chi connectivity index (χ1n) is 9.49. The Hall–Kier alpha value is -0.220. The van der Waals surface area contributed by atoms with E-state index in [1.54, 1.807) is 0 Å². The lowest BCUT2D eigenvalue weighted by molar-refractivity contribution is 0.0939. The number of sulfonamides is 1. The van der Waals surface area contributed by atoms with E-state index >= 15 is 0 Å². The van der Waals surface area contributed by atoms with Crippen LogP contribution < -0.4 is 0 Å². The highest BCUT2D eigenvalue weighted by molar-refractivity contribution is 7.92. The Kier molecular flexibility index (Phi) is 6.82. The van der Waals surface area contributed by atoms with Crippen molar-refractivity contribution in [2.75, 3.05) is 51.3 Å². The van der Waals surface area contributed by atoms with Crippen LogP contribution in [0.25, 0.3) is 0 Å². The molecule has 154 valence electrons. The Morgan fingerprint density at radius 1 is 0.923 bits per heavy atom. The fourth-order valence-electron chi connectivity index (χ4n) is 4.08. The van der Waals surface area contributed by atoms with Crippen LogP contribution in [-0.4, -0.2) is 99.0 Å². The van der Waals surface area contributed by atoms with Gasteiger partial charge < -0.3 is 4.90 Å². The van der Waals surface area contributed by atoms with Gasteiger partial charge in [-0.15, -0.1) is 0 Å². The summed E-state index contributed by atoms with van der Waals surface area (Å²) in [6, 6.07) is 0.459. The van der Waals surface area contributed by atoms with Crippen LogP contribution in [0, 0.1) is 0 Å². The second-order valence-corrected chi connectivity index (χ2v) is 12.9. The van der Waals surface area contributed by atoms with Gasteiger partial charge in [0.25, 0.3) is 0 Å². The molecule has 0 radical (unpaired) electrons. The lowest BCUT2D eigenvalue weighted by atomic mass is 10.0. The van der Waals surface area contributed by atoms with E-state index < -0.39 is 25.4 Å². The van der Waals surface area contributed by atoms with Crippen molar-refractivity contribution < 1.29 is 16.8 Å². The Morgan fingerprint density at radius 3 is 1.85 bits per heavy atom. The number of sulfone groups is 1. The van der Waals surface area contributed by atoms with Crippen LogP contribution >= 0.6 is 0 Å². The van der Waals surface area contributed by atoms with Crippen molar-refractivity contribution in [3.05, 3.63) is 0 Å². The first-order chi connectivity index (χ1) is 11.8. The zero-order valence-electron chi connectivity index (χ0n) is 16.8. The molecule has 2 rings (SSSR count). The minimum atomic E-state index is -3.18. The van der Waals surface area contributed by atoms with Crippen molar-refractivity contribution in [1.82, 2.24) is 14.1 Å². The summed E-state index contributed by atoms with van der Waals surface area (Å²) in [5, 5.41) is -0.255. The van der Waals surface area contributed by atoms with Crippen LogP contribution in [0.3, 0.4) is 0 Å². The lowest BCUT2D eigenvalue weighted by Crippen LogP contribution is -2.58. The maximum atomic E-state index is 13.0. The quantitative estimate of drug-likeness (QED) is 0.640. The van der Waals surface area contributed by atoms with Crippen LogP contribution in [0.15, 0.2) is 0 Å². The molecule has 2 fully saturated rings. The summed E-state index contributed by atoms with van der Waals surface area (Å²) in [7, 11) is -6.36. The molecule has 0 aromatic rings. The van der Waals surface area contributed by atoms with E-state index in [0.717, 1.165) is 13.1 Å². The van der Waals surface area contributed by atoms with E-state index in [9.17, 15) is 16.8 Å². The van der Waals surface area contributed by atoms with Crippen molar-refractivity contribution in [3.8, 4) is 0 Å². The van der Waals surface area contributed by atoms with Gasteiger partial charge in [-0.25, -0.2) is 16.8 Å². The molecule has 2 aliphatic heterocycles. The molecule has 0 aromatic heterocycles. The van der Waals surface area contributed by atoms with Crippen molar-refractivity contribution in [2.24, 2.45) is 0 Å². The van der Waals surface area contributed by atoms with Gasteiger partial charge in [-0.2, -0.15) is 4.31 Å². The summed E-state index contributed by atoms with van der Waals surface area (Å²) in [6.07, 6.45) is 2.64. The van der Waals surface area contributed by atoms with Crippen LogP contribution in [0.1, 0.15) is 40.5 Å². The van der Waals surface area contributed by atoms with E-state index in [4.69, 9.17) is 0 Å². The van der Waals surface area contributed by atoms with Gasteiger partial charge in [0.1, 0.15) is 0 Å². The molecule has 0 atom stereocenters. The third-order valence-corrected chi connectivity index (χ3v) is 9.73. The molecule has 0 aliphatic carbocycles. The molecule has 0 amide bonds. The van der Waals surface area contributed by atoms with Gasteiger partial charge in [0.15, 0.2) is 9.84 Å². The SMILES string of the molecule is CC(C)N1CCC(S(=O)(=O)CC(C)(C)N2CCN(S(C)(=O)=O)CC2)CC1. The smallest absolute Gasteiger partial charge is 0.211 e. The molecular weight excluding hydrogens is 374 g/mol. The summed E-state index contributed by atoms with van der Waals surface area (Å²) < 4.78 is 50.8. The van der Waals surface area contributed by atoms with Gasteiger partial charge in [-0.05, 0) is 53.6 Å². The number of piperidine rings is 1. The zero-order chi connectivity index (χ0) is 19.8. The Bertz CT molecular complexity index is 673. The van der Waals surface area contributed by atoms with Gasteiger partial charge in [0.2, 0.25) is 10.0 Å². The Morgan fingerprint density at radius 2 is 1.42 bits per heavy atom. The second kappa shape index (κ2) is 8.03. The number of rotatable bonds is 6. The molecule has 0 spiro atoms. The first kappa shape index (κ1) is 22.1.